The van der Waals surface area contributed by atoms with E-state index in [4.69, 9.17) is 14.2 Å². The molecule has 36 heavy (non-hydrogen) atoms. The molecule has 2 N–H and O–H groups in total. The second-order valence-corrected chi connectivity index (χ2v) is 9.76. The first-order chi connectivity index (χ1) is 16.8. The fourth-order valence-corrected chi connectivity index (χ4v) is 3.22. The number of aliphatic carboxylic acids is 1. The summed E-state index contributed by atoms with van der Waals surface area (Å²) in [5.41, 5.74) is -1.81. The molecule has 0 fully saturated rings. The van der Waals surface area contributed by atoms with E-state index in [1.807, 2.05) is 27.7 Å². The zero-order valence-corrected chi connectivity index (χ0v) is 22.2. The van der Waals surface area contributed by atoms with Crippen molar-refractivity contribution in [2.24, 2.45) is 11.8 Å². The van der Waals surface area contributed by atoms with Crippen molar-refractivity contribution in [1.82, 2.24) is 5.32 Å². The Morgan fingerprint density at radius 3 is 1.86 bits per heavy atom. The third-order valence-corrected chi connectivity index (χ3v) is 5.05. The van der Waals surface area contributed by atoms with Crippen LogP contribution in [0.5, 0.6) is 11.5 Å². The van der Waals surface area contributed by atoms with Crippen LogP contribution in [0.1, 0.15) is 72.8 Å². The molecule has 10 nitrogen and oxygen atoms in total. The first kappa shape index (κ1) is 30.9. The van der Waals surface area contributed by atoms with E-state index in [1.54, 1.807) is 13.8 Å². The molecule has 0 heterocycles. The molecule has 1 aromatic carbocycles. The second kappa shape index (κ2) is 14.4. The van der Waals surface area contributed by atoms with Crippen LogP contribution in [0.15, 0.2) is 18.2 Å². The highest BCUT2D eigenvalue weighted by atomic mass is 16.7. The van der Waals surface area contributed by atoms with Crippen molar-refractivity contribution in [3.05, 3.63) is 23.8 Å². The van der Waals surface area contributed by atoms with Crippen LogP contribution < -0.4 is 14.8 Å². The molecule has 0 aliphatic heterocycles. The average Bonchev–Trinajstić information content (AvgIpc) is 2.77. The molecular weight excluding hydrogens is 470 g/mol. The third kappa shape index (κ3) is 10.6. The van der Waals surface area contributed by atoms with E-state index in [9.17, 15) is 24.3 Å². The number of esters is 2. The first-order valence-electron chi connectivity index (χ1n) is 12.1. The van der Waals surface area contributed by atoms with Gasteiger partial charge >= 0.3 is 24.1 Å². The summed E-state index contributed by atoms with van der Waals surface area (Å²) in [4.78, 5) is 48.8. The van der Waals surface area contributed by atoms with Crippen LogP contribution in [0.25, 0.3) is 0 Å². The summed E-state index contributed by atoms with van der Waals surface area (Å²) >= 11 is 0. The Balaban J connectivity index is 3.34. The fourth-order valence-electron chi connectivity index (χ4n) is 3.22. The smallest absolute Gasteiger partial charge is 0.477 e. The molecule has 1 rings (SSSR count). The molecule has 0 unspecified atom stereocenters. The maximum absolute atomic E-state index is 12.4. The van der Waals surface area contributed by atoms with E-state index in [0.29, 0.717) is 24.3 Å². The molecule has 1 atom stereocenters. The van der Waals surface area contributed by atoms with E-state index in [2.05, 4.69) is 10.1 Å². The lowest BCUT2D eigenvalue weighted by molar-refractivity contribution is -0.166. The summed E-state index contributed by atoms with van der Waals surface area (Å²) in [6.07, 6.45) is 0.0769. The number of hydrogen-bond donors (Lipinski definition) is 2. The number of hydrogen-bond acceptors (Lipinski definition) is 9. The number of carboxylic acid groups (broad SMARTS) is 1. The summed E-state index contributed by atoms with van der Waals surface area (Å²) in [5.74, 6) is -1.84. The van der Waals surface area contributed by atoms with Gasteiger partial charge in [-0.2, -0.15) is 0 Å². The van der Waals surface area contributed by atoms with Gasteiger partial charge in [0.2, 0.25) is 0 Å². The number of nitrogens with one attached hydrogen (secondary N) is 1. The van der Waals surface area contributed by atoms with Crippen LogP contribution in [-0.4, -0.2) is 48.0 Å². The minimum Gasteiger partial charge on any atom is -0.477 e. The minimum atomic E-state index is -2.16. The van der Waals surface area contributed by atoms with Crippen LogP contribution >= 0.6 is 0 Å². The van der Waals surface area contributed by atoms with Crippen molar-refractivity contribution >= 4 is 24.1 Å². The number of benzene rings is 1. The van der Waals surface area contributed by atoms with Gasteiger partial charge < -0.3 is 24.1 Å². The van der Waals surface area contributed by atoms with E-state index in [-0.39, 0.29) is 42.7 Å². The number of carbonyl (C=O) groups is 4. The number of ether oxygens (including phenoxy) is 4. The largest absolute Gasteiger partial charge is 0.510 e. The summed E-state index contributed by atoms with van der Waals surface area (Å²) in [6.45, 7) is 11.3. The normalized spacial score (nSPS) is 12.8. The molecule has 0 aliphatic rings. The molecule has 10 heteroatoms. The van der Waals surface area contributed by atoms with Gasteiger partial charge in [0.25, 0.3) is 5.72 Å². The molecule has 0 aromatic heterocycles. The van der Waals surface area contributed by atoms with Crippen LogP contribution in [0.4, 0.5) is 4.79 Å². The van der Waals surface area contributed by atoms with Gasteiger partial charge in [-0.1, -0.05) is 33.8 Å². The molecule has 0 bridgehead atoms. The maximum Gasteiger partial charge on any atom is 0.510 e. The predicted octanol–water partition coefficient (Wildman–Crippen LogP) is 4.47. The highest BCUT2D eigenvalue weighted by molar-refractivity contribution is 5.81. The summed E-state index contributed by atoms with van der Waals surface area (Å²) in [7, 11) is 1.07. The number of rotatable bonds is 14. The zero-order valence-electron chi connectivity index (χ0n) is 22.2. The van der Waals surface area contributed by atoms with E-state index in [0.717, 1.165) is 7.11 Å². The highest BCUT2D eigenvalue weighted by Crippen LogP contribution is 2.32. The van der Waals surface area contributed by atoms with Crippen molar-refractivity contribution in [3.8, 4) is 11.5 Å². The standard InChI is InChI=1S/C26H39NO9/c1-16(2)8-12-22(28)34-20-11-10-19(14-21(20)35-23(29)13-9-17(3)4)15-26(24(30)31,27-18(5)6)36-25(32)33-7/h10-11,14,16-18,27H,8-9,12-13,15H2,1-7H3,(H,30,31)/t26-/m0/s1. The van der Waals surface area contributed by atoms with Crippen molar-refractivity contribution < 1.29 is 43.2 Å². The number of carboxylic acids is 1. The number of carbonyl (C=O) groups excluding carboxylic acids is 3. The van der Waals surface area contributed by atoms with Gasteiger partial charge in [-0.25, -0.2) is 9.59 Å². The Kier molecular flexibility index (Phi) is 12.4. The fraction of sp³-hybridized carbons (Fsp3) is 0.615. The molecule has 202 valence electrons. The van der Waals surface area contributed by atoms with Gasteiger partial charge in [0.1, 0.15) is 0 Å². The van der Waals surface area contributed by atoms with Gasteiger partial charge in [0, 0.05) is 25.3 Å². The quantitative estimate of drug-likeness (QED) is 0.210. The van der Waals surface area contributed by atoms with Gasteiger partial charge in [-0.15, -0.1) is 0 Å². The topological polar surface area (TPSA) is 137 Å². The summed E-state index contributed by atoms with van der Waals surface area (Å²) < 4.78 is 20.6. The minimum absolute atomic E-state index is 0.0268. The van der Waals surface area contributed by atoms with Crippen LogP contribution in [-0.2, 0) is 30.3 Å². The Morgan fingerprint density at radius 1 is 0.889 bits per heavy atom. The monoisotopic (exact) mass is 509 g/mol. The van der Waals surface area contributed by atoms with Crippen molar-refractivity contribution in [3.63, 3.8) is 0 Å². The van der Waals surface area contributed by atoms with E-state index in [1.165, 1.54) is 18.2 Å². The van der Waals surface area contributed by atoms with E-state index < -0.39 is 29.8 Å². The predicted molar refractivity (Wildman–Crippen MR) is 132 cm³/mol. The van der Waals surface area contributed by atoms with Crippen molar-refractivity contribution in [2.75, 3.05) is 7.11 Å². The van der Waals surface area contributed by atoms with Gasteiger partial charge in [0.15, 0.2) is 11.5 Å². The van der Waals surface area contributed by atoms with Crippen LogP contribution in [0.2, 0.25) is 0 Å². The van der Waals surface area contributed by atoms with Crippen molar-refractivity contribution in [1.29, 1.82) is 0 Å². The molecule has 0 saturated carbocycles. The average molecular weight is 510 g/mol. The Hall–Kier alpha value is -3.14. The summed E-state index contributed by atoms with van der Waals surface area (Å²) in [6, 6.07) is 3.96. The SMILES string of the molecule is COC(=O)O[C@](Cc1ccc(OC(=O)CCC(C)C)c(OC(=O)CCC(C)C)c1)(NC(C)C)C(=O)O. The number of methoxy groups -OCH3 is 1. The molecular formula is C26H39NO9. The van der Waals surface area contributed by atoms with Crippen LogP contribution in [0, 0.1) is 11.8 Å². The lowest BCUT2D eigenvalue weighted by Crippen LogP contribution is -2.59. The lowest BCUT2D eigenvalue weighted by atomic mass is 10.0. The summed E-state index contributed by atoms with van der Waals surface area (Å²) in [5, 5.41) is 12.7. The molecule has 0 amide bonds. The van der Waals surface area contributed by atoms with Gasteiger partial charge in [0.05, 0.1) is 7.11 Å². The molecule has 0 radical (unpaired) electrons. The molecule has 0 spiro atoms. The Labute approximate surface area is 212 Å². The van der Waals surface area contributed by atoms with Gasteiger partial charge in [-0.3, -0.25) is 14.9 Å². The zero-order chi connectivity index (χ0) is 27.5. The maximum atomic E-state index is 12.4. The first-order valence-corrected chi connectivity index (χ1v) is 12.1. The Morgan fingerprint density at radius 2 is 1.42 bits per heavy atom. The third-order valence-electron chi connectivity index (χ3n) is 5.05. The Bertz CT molecular complexity index is 911. The van der Waals surface area contributed by atoms with Crippen molar-refractivity contribution in [2.45, 2.75) is 85.4 Å². The van der Waals surface area contributed by atoms with E-state index >= 15 is 0 Å². The molecule has 1 aromatic rings. The highest BCUT2D eigenvalue weighted by Gasteiger charge is 2.44. The molecule has 0 saturated heterocycles. The van der Waals surface area contributed by atoms with Gasteiger partial charge in [-0.05, 0) is 56.2 Å². The molecule has 0 aliphatic carbocycles. The second-order valence-electron chi connectivity index (χ2n) is 9.76. The lowest BCUT2D eigenvalue weighted by Gasteiger charge is -2.31. The van der Waals surface area contributed by atoms with Crippen LogP contribution in [0.3, 0.4) is 0 Å².